The molecule has 1 heterocycles. The monoisotopic (exact) mass is 516 g/mol. The Hall–Kier alpha value is -3.34. The topological polar surface area (TPSA) is 122 Å². The highest BCUT2D eigenvalue weighted by atomic mass is 32.2. The van der Waals surface area contributed by atoms with Crippen molar-refractivity contribution >= 4 is 47.5 Å². The number of urea groups is 1. The average Bonchev–Trinajstić information content (AvgIpc) is 2.85. The summed E-state index contributed by atoms with van der Waals surface area (Å²) in [4.78, 5) is 51.3. The van der Waals surface area contributed by atoms with Crippen molar-refractivity contribution in [3.8, 4) is 0 Å². The Labute approximate surface area is 217 Å². The normalized spacial score (nSPS) is 11.6. The maximum Gasteiger partial charge on any atom is 0.329 e. The number of aromatic nitrogens is 2. The van der Waals surface area contributed by atoms with Gasteiger partial charge in [0.2, 0.25) is 6.41 Å². The molecular formula is C25H36N6O4S. The number of carbonyl (C=O) groups excluding carboxylic acids is 3. The molecule has 0 fully saturated rings. The van der Waals surface area contributed by atoms with E-state index >= 15 is 0 Å². The molecule has 11 heteroatoms. The summed E-state index contributed by atoms with van der Waals surface area (Å²) in [5.41, 5.74) is 7.41. The first-order valence-corrected chi connectivity index (χ1v) is 12.9. The lowest BCUT2D eigenvalue weighted by Crippen LogP contribution is -2.51. The number of esters is 1. The van der Waals surface area contributed by atoms with Crippen LogP contribution in [0.5, 0.6) is 0 Å². The zero-order valence-electron chi connectivity index (χ0n) is 21.8. The quantitative estimate of drug-likeness (QED) is 0.196. The molecule has 1 unspecified atom stereocenters. The van der Waals surface area contributed by atoms with E-state index in [1.807, 2.05) is 51.1 Å². The number of carbonyl (C=O) groups is 3. The number of ether oxygens (including phenoxy) is 1. The van der Waals surface area contributed by atoms with Gasteiger partial charge in [0.25, 0.3) is 0 Å². The molecule has 0 radical (unpaired) electrons. The third kappa shape index (κ3) is 7.09. The first kappa shape index (κ1) is 28.9. The minimum absolute atomic E-state index is 0.0556. The van der Waals surface area contributed by atoms with E-state index in [2.05, 4.69) is 9.97 Å². The predicted octanol–water partition coefficient (Wildman–Crippen LogP) is 3.80. The number of anilines is 3. The lowest BCUT2D eigenvalue weighted by Gasteiger charge is -2.33. The smallest absolute Gasteiger partial charge is 0.329 e. The van der Waals surface area contributed by atoms with Gasteiger partial charge in [-0.25, -0.2) is 19.6 Å². The van der Waals surface area contributed by atoms with Crippen LogP contribution in [0.15, 0.2) is 35.5 Å². The summed E-state index contributed by atoms with van der Waals surface area (Å²) in [5.74, 6) is 0.342. The number of amides is 3. The predicted molar refractivity (Wildman–Crippen MR) is 143 cm³/mol. The van der Waals surface area contributed by atoms with Gasteiger partial charge in [-0.15, -0.1) is 0 Å². The molecule has 0 saturated carbocycles. The number of hydrogen-bond donors (Lipinski definition) is 1. The Morgan fingerprint density at radius 1 is 1.14 bits per heavy atom. The van der Waals surface area contributed by atoms with E-state index in [-0.39, 0.29) is 36.4 Å². The zero-order valence-corrected chi connectivity index (χ0v) is 22.6. The Morgan fingerprint density at radius 3 is 2.36 bits per heavy atom. The van der Waals surface area contributed by atoms with Crippen molar-refractivity contribution < 1.29 is 19.1 Å². The third-order valence-corrected chi connectivity index (χ3v) is 6.46. The van der Waals surface area contributed by atoms with Crippen molar-refractivity contribution in [2.24, 2.45) is 5.92 Å². The summed E-state index contributed by atoms with van der Waals surface area (Å²) in [7, 11) is 3.05. The van der Waals surface area contributed by atoms with Crippen LogP contribution in [0, 0.1) is 5.92 Å². The number of thioether (sulfide) groups is 1. The van der Waals surface area contributed by atoms with E-state index in [1.54, 1.807) is 6.92 Å². The van der Waals surface area contributed by atoms with E-state index in [0.717, 1.165) is 17.7 Å². The molecule has 0 aliphatic rings. The summed E-state index contributed by atoms with van der Waals surface area (Å²) < 4.78 is 5.19. The van der Waals surface area contributed by atoms with E-state index in [0.29, 0.717) is 11.6 Å². The van der Waals surface area contributed by atoms with Crippen molar-refractivity contribution in [2.45, 2.75) is 51.9 Å². The van der Waals surface area contributed by atoms with E-state index in [9.17, 15) is 14.4 Å². The first-order chi connectivity index (χ1) is 17.2. The molecule has 2 aromatic rings. The lowest BCUT2D eigenvalue weighted by molar-refractivity contribution is -0.149. The molecule has 1 atom stereocenters. The van der Waals surface area contributed by atoms with Gasteiger partial charge < -0.3 is 15.4 Å². The number of nitrogens with zero attached hydrogens (tertiary/aromatic N) is 5. The van der Waals surface area contributed by atoms with E-state index in [1.165, 1.54) is 40.6 Å². The lowest BCUT2D eigenvalue weighted by atomic mass is 10.0. The van der Waals surface area contributed by atoms with Gasteiger partial charge in [0.1, 0.15) is 11.7 Å². The van der Waals surface area contributed by atoms with Crippen molar-refractivity contribution in [1.29, 1.82) is 0 Å². The standard InChI is InChI=1S/C25H36N6O4S/c1-7-14-36-24-27-21(26)20(22(28-24)31(16-32)15-18-12-10-9-11-13-18)30(6)25(34)29(5)19(17(3)4)23(33)35-8-2/h9-13,16-17,19H,7-8,14-15H2,1-6H3,(H2,26,27,28). The Morgan fingerprint density at radius 2 is 1.81 bits per heavy atom. The van der Waals surface area contributed by atoms with Crippen LogP contribution in [0.3, 0.4) is 0 Å². The Bertz CT molecular complexity index is 1040. The number of likely N-dealkylation sites (N-methyl/N-ethyl adjacent to an activating group) is 1. The molecule has 0 saturated heterocycles. The first-order valence-electron chi connectivity index (χ1n) is 11.9. The van der Waals surface area contributed by atoms with Crippen LogP contribution in [0.1, 0.15) is 39.7 Å². The van der Waals surface area contributed by atoms with Gasteiger partial charge in [0, 0.05) is 19.8 Å². The number of nitrogen functional groups attached to an aromatic ring is 1. The van der Waals surface area contributed by atoms with Crippen molar-refractivity contribution in [3.05, 3.63) is 35.9 Å². The molecule has 0 aliphatic carbocycles. The Balaban J connectivity index is 2.53. The zero-order chi connectivity index (χ0) is 26.8. The van der Waals surface area contributed by atoms with Gasteiger partial charge >= 0.3 is 12.0 Å². The molecule has 0 aliphatic heterocycles. The van der Waals surface area contributed by atoms with Crippen LogP contribution >= 0.6 is 11.8 Å². The number of rotatable bonds is 12. The van der Waals surface area contributed by atoms with E-state index in [4.69, 9.17) is 10.5 Å². The van der Waals surface area contributed by atoms with Crippen LogP contribution in [0.25, 0.3) is 0 Å². The number of nitrogens with two attached hydrogens (primary N) is 1. The van der Waals surface area contributed by atoms with E-state index < -0.39 is 18.0 Å². The molecule has 1 aromatic carbocycles. The highest BCUT2D eigenvalue weighted by Gasteiger charge is 2.35. The minimum atomic E-state index is -0.809. The molecule has 36 heavy (non-hydrogen) atoms. The fourth-order valence-electron chi connectivity index (χ4n) is 3.72. The second-order valence-corrected chi connectivity index (χ2v) is 9.59. The molecule has 0 spiro atoms. The average molecular weight is 517 g/mol. The highest BCUT2D eigenvalue weighted by Crippen LogP contribution is 2.35. The minimum Gasteiger partial charge on any atom is -0.464 e. The number of hydrogen-bond acceptors (Lipinski definition) is 8. The molecule has 196 valence electrons. The SMILES string of the molecule is CCCSc1nc(N)c(N(C)C(=O)N(C)C(C(=O)OCC)C(C)C)c(N(C=O)Cc2ccccc2)n1. The molecule has 1 aromatic heterocycles. The second kappa shape index (κ2) is 13.7. The summed E-state index contributed by atoms with van der Waals surface area (Å²) in [5, 5.41) is 0.411. The molecular weight excluding hydrogens is 480 g/mol. The number of benzene rings is 1. The fraction of sp³-hybridized carbons (Fsp3) is 0.480. The molecule has 3 amide bonds. The van der Waals surface area contributed by atoms with Crippen molar-refractivity contribution in [2.75, 3.05) is 42.0 Å². The molecule has 0 bridgehead atoms. The molecule has 2 N–H and O–H groups in total. The maximum atomic E-state index is 13.5. The maximum absolute atomic E-state index is 13.5. The van der Waals surface area contributed by atoms with Gasteiger partial charge in [0.15, 0.2) is 16.8 Å². The van der Waals surface area contributed by atoms with Crippen molar-refractivity contribution in [1.82, 2.24) is 14.9 Å². The van der Waals surface area contributed by atoms with Crippen LogP contribution < -0.4 is 15.5 Å². The Kier molecular flexibility index (Phi) is 11.0. The van der Waals surface area contributed by atoms with Crippen LogP contribution in [-0.4, -0.2) is 65.8 Å². The van der Waals surface area contributed by atoms with Crippen LogP contribution in [0.2, 0.25) is 0 Å². The molecule has 2 rings (SSSR count). The fourth-order valence-corrected chi connectivity index (χ4v) is 4.42. The van der Waals surface area contributed by atoms with Gasteiger partial charge in [-0.3, -0.25) is 14.6 Å². The van der Waals surface area contributed by atoms with Gasteiger partial charge in [-0.1, -0.05) is 62.9 Å². The second-order valence-electron chi connectivity index (χ2n) is 8.52. The third-order valence-electron chi connectivity index (χ3n) is 5.40. The summed E-state index contributed by atoms with van der Waals surface area (Å²) >= 11 is 1.42. The van der Waals surface area contributed by atoms with Crippen LogP contribution in [-0.2, 0) is 20.9 Å². The van der Waals surface area contributed by atoms with Crippen molar-refractivity contribution in [3.63, 3.8) is 0 Å². The molecule has 10 nitrogen and oxygen atoms in total. The largest absolute Gasteiger partial charge is 0.464 e. The van der Waals surface area contributed by atoms with Crippen LogP contribution in [0.4, 0.5) is 22.1 Å². The summed E-state index contributed by atoms with van der Waals surface area (Å²) in [6.45, 7) is 7.85. The van der Waals surface area contributed by atoms with Gasteiger partial charge in [-0.05, 0) is 24.8 Å². The summed E-state index contributed by atoms with van der Waals surface area (Å²) in [6, 6.07) is 8.10. The highest BCUT2D eigenvalue weighted by molar-refractivity contribution is 7.99. The van der Waals surface area contributed by atoms with Gasteiger partial charge in [0.05, 0.1) is 13.2 Å². The van der Waals surface area contributed by atoms with Gasteiger partial charge in [-0.2, -0.15) is 0 Å². The summed E-state index contributed by atoms with van der Waals surface area (Å²) in [6.07, 6.45) is 1.56.